The number of carboxylic acids is 1. The average Bonchev–Trinajstić information content (AvgIpc) is 2.64. The number of aromatic carboxylic acids is 1. The number of ether oxygens (including phenoxy) is 1. The Hall–Kier alpha value is -3.01. The fourth-order valence-electron chi connectivity index (χ4n) is 3.15. The summed E-state index contributed by atoms with van der Waals surface area (Å²) in [6.07, 6.45) is 0.443. The Morgan fingerprint density at radius 3 is 2.89 bits per heavy atom. The van der Waals surface area contributed by atoms with Crippen LogP contribution in [-0.2, 0) is 6.42 Å². The molecule has 1 unspecified atom stereocenters. The van der Waals surface area contributed by atoms with E-state index in [0.717, 1.165) is 12.0 Å². The summed E-state index contributed by atoms with van der Waals surface area (Å²) in [7, 11) is 0. The summed E-state index contributed by atoms with van der Waals surface area (Å²) in [4.78, 5) is 15.3. The van der Waals surface area contributed by atoms with E-state index in [1.165, 1.54) is 24.3 Å². The van der Waals surface area contributed by atoms with Crippen LogP contribution in [0.4, 0.5) is 13.2 Å². The molecule has 2 aromatic rings. The van der Waals surface area contributed by atoms with Gasteiger partial charge in [0, 0.05) is 23.9 Å². The van der Waals surface area contributed by atoms with Crippen LogP contribution in [0.3, 0.4) is 0 Å². The highest BCUT2D eigenvalue weighted by molar-refractivity contribution is 5.89. The lowest BCUT2D eigenvalue weighted by atomic mass is 9.87. The van der Waals surface area contributed by atoms with Gasteiger partial charge in [-0.05, 0) is 54.5 Å². The molecule has 0 saturated heterocycles. The van der Waals surface area contributed by atoms with Crippen molar-refractivity contribution >= 4 is 5.97 Å². The van der Waals surface area contributed by atoms with Crippen molar-refractivity contribution in [2.75, 3.05) is 6.61 Å². The highest BCUT2D eigenvalue weighted by atomic mass is 19.4. The van der Waals surface area contributed by atoms with Gasteiger partial charge in [-0.15, -0.1) is 0 Å². The lowest BCUT2D eigenvalue weighted by Crippen LogP contribution is -2.15. The maximum Gasteiger partial charge on any atom is 0.458 e. The average molecular weight is 375 g/mol. The number of pyridine rings is 1. The Morgan fingerprint density at radius 1 is 1.33 bits per heavy atom. The Balaban J connectivity index is 1.77. The zero-order valence-electron chi connectivity index (χ0n) is 14.2. The normalized spacial score (nSPS) is 15.9. The number of carboxylic acid groups (broad SMARTS) is 1. The molecule has 0 bridgehead atoms. The summed E-state index contributed by atoms with van der Waals surface area (Å²) in [5.74, 6) is 3.01. The van der Waals surface area contributed by atoms with Gasteiger partial charge in [-0.3, -0.25) is 4.98 Å². The van der Waals surface area contributed by atoms with E-state index in [0.29, 0.717) is 30.8 Å². The van der Waals surface area contributed by atoms with Crippen LogP contribution < -0.4 is 4.74 Å². The molecule has 0 amide bonds. The molecule has 1 aromatic carbocycles. The number of halogens is 3. The number of fused-ring (bicyclic) bond motifs is 1. The molecule has 0 fully saturated rings. The molecule has 0 saturated carbocycles. The summed E-state index contributed by atoms with van der Waals surface area (Å²) in [6.45, 7) is 0.451. The van der Waals surface area contributed by atoms with Crippen LogP contribution in [0.15, 0.2) is 36.7 Å². The summed E-state index contributed by atoms with van der Waals surface area (Å²) >= 11 is 0. The minimum absolute atomic E-state index is 0.125. The van der Waals surface area contributed by atoms with Crippen molar-refractivity contribution < 1.29 is 27.8 Å². The van der Waals surface area contributed by atoms with Gasteiger partial charge in [-0.1, -0.05) is 12.0 Å². The molecule has 3 rings (SSSR count). The topological polar surface area (TPSA) is 59.4 Å². The van der Waals surface area contributed by atoms with Gasteiger partial charge >= 0.3 is 12.1 Å². The number of carbonyl (C=O) groups is 1. The van der Waals surface area contributed by atoms with E-state index in [1.54, 1.807) is 18.3 Å². The molecule has 2 heterocycles. The van der Waals surface area contributed by atoms with Crippen molar-refractivity contribution in [3.63, 3.8) is 0 Å². The molecule has 7 heteroatoms. The third-order valence-corrected chi connectivity index (χ3v) is 4.42. The highest BCUT2D eigenvalue weighted by Gasteiger charge is 2.24. The molecule has 4 nitrogen and oxygen atoms in total. The Kier molecular flexibility index (Phi) is 5.36. The monoisotopic (exact) mass is 375 g/mol. The predicted octanol–water partition coefficient (Wildman–Crippen LogP) is 4.19. The first-order chi connectivity index (χ1) is 12.8. The molecule has 1 N–H and O–H groups in total. The van der Waals surface area contributed by atoms with Crippen LogP contribution in [0.2, 0.25) is 0 Å². The number of aryl methyl sites for hydroxylation is 1. The van der Waals surface area contributed by atoms with E-state index in [1.807, 2.05) is 0 Å². The number of nitrogens with zero attached hydrogens (tertiary/aromatic N) is 1. The van der Waals surface area contributed by atoms with Gasteiger partial charge in [0.25, 0.3) is 0 Å². The summed E-state index contributed by atoms with van der Waals surface area (Å²) < 4.78 is 42.3. The van der Waals surface area contributed by atoms with Crippen molar-refractivity contribution in [2.24, 2.45) is 0 Å². The number of alkyl halides is 3. The third-order valence-electron chi connectivity index (χ3n) is 4.42. The largest absolute Gasteiger partial charge is 0.493 e. The first-order valence-corrected chi connectivity index (χ1v) is 8.36. The van der Waals surface area contributed by atoms with Gasteiger partial charge in [0.05, 0.1) is 12.2 Å². The predicted molar refractivity (Wildman–Crippen MR) is 91.7 cm³/mol. The fourth-order valence-corrected chi connectivity index (χ4v) is 3.15. The molecule has 1 atom stereocenters. The van der Waals surface area contributed by atoms with Crippen LogP contribution in [0.25, 0.3) is 0 Å². The van der Waals surface area contributed by atoms with Crippen LogP contribution in [-0.4, -0.2) is 28.8 Å². The van der Waals surface area contributed by atoms with Gasteiger partial charge in [0.2, 0.25) is 0 Å². The van der Waals surface area contributed by atoms with E-state index >= 15 is 0 Å². The molecule has 1 aliphatic heterocycles. The number of benzene rings is 1. The summed E-state index contributed by atoms with van der Waals surface area (Å²) in [5, 5.41) is 9.26. The summed E-state index contributed by atoms with van der Waals surface area (Å²) in [6, 6.07) is 6.28. The minimum Gasteiger partial charge on any atom is -0.493 e. The van der Waals surface area contributed by atoms with E-state index < -0.39 is 12.1 Å². The molecule has 1 aromatic heterocycles. The minimum atomic E-state index is -4.54. The van der Waals surface area contributed by atoms with Gasteiger partial charge in [0.1, 0.15) is 5.75 Å². The molecule has 0 spiro atoms. The molecule has 1 aliphatic rings. The SMILES string of the molecule is O=C(O)c1ccncc1CCC1CCOc2cc(C#CC(F)(F)F)ccc21. The second-order valence-corrected chi connectivity index (χ2v) is 6.21. The zero-order chi connectivity index (χ0) is 19.4. The van der Waals surface area contributed by atoms with Gasteiger partial charge < -0.3 is 9.84 Å². The van der Waals surface area contributed by atoms with Gasteiger partial charge in [-0.2, -0.15) is 13.2 Å². The molecular formula is C20H16F3NO3. The van der Waals surface area contributed by atoms with Crippen LogP contribution in [0.1, 0.15) is 45.8 Å². The lowest BCUT2D eigenvalue weighted by Gasteiger charge is -2.26. The standard InChI is InChI=1S/C20H16F3NO3/c21-20(22,23)8-5-13-1-4-16-14(7-10-27-18(16)11-13)2-3-15-12-24-9-6-17(15)19(25)26/h1,4,6,9,11-12,14H,2-3,7,10H2,(H,25,26). The fraction of sp³-hybridized carbons (Fsp3) is 0.300. The van der Waals surface area contributed by atoms with Crippen LogP contribution >= 0.6 is 0 Å². The lowest BCUT2D eigenvalue weighted by molar-refractivity contribution is -0.0696. The van der Waals surface area contributed by atoms with Crippen molar-refractivity contribution in [1.82, 2.24) is 4.98 Å². The van der Waals surface area contributed by atoms with E-state index in [-0.39, 0.29) is 17.0 Å². The van der Waals surface area contributed by atoms with E-state index in [9.17, 15) is 23.1 Å². The first kappa shape index (κ1) is 18.8. The zero-order valence-corrected chi connectivity index (χ0v) is 14.2. The first-order valence-electron chi connectivity index (χ1n) is 8.36. The second-order valence-electron chi connectivity index (χ2n) is 6.21. The Bertz CT molecular complexity index is 913. The van der Waals surface area contributed by atoms with Gasteiger partial charge in [0.15, 0.2) is 0 Å². The molecular weight excluding hydrogens is 359 g/mol. The van der Waals surface area contributed by atoms with E-state index in [2.05, 4.69) is 10.9 Å². The van der Waals surface area contributed by atoms with Crippen molar-refractivity contribution in [1.29, 1.82) is 0 Å². The molecule has 27 heavy (non-hydrogen) atoms. The second kappa shape index (κ2) is 7.70. The number of hydrogen-bond donors (Lipinski definition) is 1. The van der Waals surface area contributed by atoms with Crippen molar-refractivity contribution in [3.05, 3.63) is 58.9 Å². The third kappa shape index (κ3) is 4.79. The molecule has 0 radical (unpaired) electrons. The van der Waals surface area contributed by atoms with Crippen molar-refractivity contribution in [3.8, 4) is 17.6 Å². The van der Waals surface area contributed by atoms with E-state index in [4.69, 9.17) is 4.74 Å². The van der Waals surface area contributed by atoms with Crippen LogP contribution in [0.5, 0.6) is 5.75 Å². The Labute approximate surface area is 154 Å². The Morgan fingerprint density at radius 2 is 2.15 bits per heavy atom. The number of rotatable bonds is 4. The van der Waals surface area contributed by atoms with Crippen molar-refractivity contribution in [2.45, 2.75) is 31.4 Å². The quantitative estimate of drug-likeness (QED) is 0.814. The van der Waals surface area contributed by atoms with Gasteiger partial charge in [-0.25, -0.2) is 4.79 Å². The number of aromatic nitrogens is 1. The molecule has 140 valence electrons. The highest BCUT2D eigenvalue weighted by Crippen LogP contribution is 2.37. The maximum absolute atomic E-state index is 12.2. The smallest absolute Gasteiger partial charge is 0.458 e. The molecule has 0 aliphatic carbocycles. The number of hydrogen-bond acceptors (Lipinski definition) is 3. The summed E-state index contributed by atoms with van der Waals surface area (Å²) in [5.41, 5.74) is 2.03. The van der Waals surface area contributed by atoms with Crippen LogP contribution in [0, 0.1) is 11.8 Å². The maximum atomic E-state index is 12.2.